The SMILES string of the molecule is Cc1ccno1.Cc1ccoc1. The van der Waals surface area contributed by atoms with E-state index < -0.39 is 0 Å². The van der Waals surface area contributed by atoms with Gasteiger partial charge >= 0.3 is 0 Å². The van der Waals surface area contributed by atoms with Crippen LogP contribution in [0.4, 0.5) is 0 Å². The number of furan rings is 1. The molecule has 64 valence electrons. The van der Waals surface area contributed by atoms with Crippen LogP contribution < -0.4 is 0 Å². The Kier molecular flexibility index (Phi) is 3.14. The predicted octanol–water partition coefficient (Wildman–Crippen LogP) is 2.57. The van der Waals surface area contributed by atoms with E-state index in [0.717, 1.165) is 5.76 Å². The summed E-state index contributed by atoms with van der Waals surface area (Å²) in [6.45, 7) is 3.84. The Bertz CT molecular complexity index is 252. The zero-order chi connectivity index (χ0) is 8.81. The zero-order valence-corrected chi connectivity index (χ0v) is 7.15. The van der Waals surface area contributed by atoms with Crippen molar-refractivity contribution in [3.05, 3.63) is 42.2 Å². The van der Waals surface area contributed by atoms with Crippen molar-refractivity contribution in [2.24, 2.45) is 0 Å². The maximum atomic E-state index is 4.71. The molecule has 0 spiro atoms. The first kappa shape index (κ1) is 8.59. The van der Waals surface area contributed by atoms with Crippen LogP contribution >= 0.6 is 0 Å². The quantitative estimate of drug-likeness (QED) is 0.602. The van der Waals surface area contributed by atoms with Crippen LogP contribution in [0.25, 0.3) is 0 Å². The fraction of sp³-hybridized carbons (Fsp3) is 0.222. The van der Waals surface area contributed by atoms with Crippen molar-refractivity contribution >= 4 is 0 Å². The maximum Gasteiger partial charge on any atom is 0.133 e. The molecular formula is C9H11NO2. The molecule has 0 amide bonds. The molecule has 0 N–H and O–H groups in total. The van der Waals surface area contributed by atoms with E-state index in [1.54, 1.807) is 24.8 Å². The van der Waals surface area contributed by atoms with Gasteiger partial charge in [0.05, 0.1) is 18.7 Å². The molecule has 3 nitrogen and oxygen atoms in total. The molecule has 2 aromatic heterocycles. The molecule has 0 atom stereocenters. The summed E-state index contributed by atoms with van der Waals surface area (Å²) in [5.41, 5.74) is 1.18. The smallest absolute Gasteiger partial charge is 0.133 e. The first-order chi connectivity index (χ1) is 5.79. The Morgan fingerprint density at radius 2 is 2.08 bits per heavy atom. The number of aromatic nitrogens is 1. The van der Waals surface area contributed by atoms with Crippen LogP contribution in [0.1, 0.15) is 11.3 Å². The minimum absolute atomic E-state index is 0.856. The molecule has 0 aliphatic rings. The summed E-state index contributed by atoms with van der Waals surface area (Å²) in [7, 11) is 0. The Morgan fingerprint density at radius 1 is 1.25 bits per heavy atom. The van der Waals surface area contributed by atoms with E-state index in [-0.39, 0.29) is 0 Å². The molecule has 0 aliphatic carbocycles. The van der Waals surface area contributed by atoms with Gasteiger partial charge in [-0.2, -0.15) is 0 Å². The highest BCUT2D eigenvalue weighted by Gasteiger charge is 1.78. The minimum Gasteiger partial charge on any atom is -0.472 e. The first-order valence-electron chi connectivity index (χ1n) is 3.65. The summed E-state index contributed by atoms with van der Waals surface area (Å²) >= 11 is 0. The van der Waals surface area contributed by atoms with Crippen molar-refractivity contribution < 1.29 is 8.94 Å². The summed E-state index contributed by atoms with van der Waals surface area (Å²) in [5, 5.41) is 3.45. The van der Waals surface area contributed by atoms with Gasteiger partial charge in [0.25, 0.3) is 0 Å². The fourth-order valence-electron chi connectivity index (χ4n) is 0.612. The lowest BCUT2D eigenvalue weighted by molar-refractivity contribution is 0.397. The molecule has 0 aliphatic heterocycles. The van der Waals surface area contributed by atoms with Crippen LogP contribution in [-0.4, -0.2) is 5.16 Å². The van der Waals surface area contributed by atoms with Crippen molar-refractivity contribution in [2.75, 3.05) is 0 Å². The number of hydrogen-bond acceptors (Lipinski definition) is 3. The molecule has 2 heterocycles. The fourth-order valence-corrected chi connectivity index (χ4v) is 0.612. The Morgan fingerprint density at radius 3 is 2.25 bits per heavy atom. The van der Waals surface area contributed by atoms with E-state index >= 15 is 0 Å². The third kappa shape index (κ3) is 3.05. The van der Waals surface area contributed by atoms with Crippen molar-refractivity contribution in [1.29, 1.82) is 0 Å². The minimum atomic E-state index is 0.856. The highest BCUT2D eigenvalue weighted by molar-refractivity contribution is 5.00. The van der Waals surface area contributed by atoms with E-state index in [1.165, 1.54) is 5.56 Å². The molecular weight excluding hydrogens is 154 g/mol. The van der Waals surface area contributed by atoms with Gasteiger partial charge in [0.15, 0.2) is 0 Å². The summed E-state index contributed by atoms with van der Waals surface area (Å²) < 4.78 is 9.30. The Hall–Kier alpha value is -1.51. The van der Waals surface area contributed by atoms with Crippen LogP contribution in [0.5, 0.6) is 0 Å². The van der Waals surface area contributed by atoms with Gasteiger partial charge < -0.3 is 8.94 Å². The highest BCUT2D eigenvalue weighted by atomic mass is 16.5. The largest absolute Gasteiger partial charge is 0.472 e. The van der Waals surface area contributed by atoms with Crippen molar-refractivity contribution in [1.82, 2.24) is 5.16 Å². The van der Waals surface area contributed by atoms with Gasteiger partial charge in [0, 0.05) is 6.07 Å². The summed E-state index contributed by atoms with van der Waals surface area (Å²) in [5.74, 6) is 0.856. The average Bonchev–Trinajstić information content (AvgIpc) is 2.63. The lowest BCUT2D eigenvalue weighted by Crippen LogP contribution is -1.50. The third-order valence-electron chi connectivity index (χ3n) is 1.23. The van der Waals surface area contributed by atoms with Crippen LogP contribution in [-0.2, 0) is 0 Å². The molecule has 2 rings (SSSR count). The second-order valence-corrected chi connectivity index (χ2v) is 2.42. The number of rotatable bonds is 0. The van der Waals surface area contributed by atoms with Gasteiger partial charge in [0.1, 0.15) is 5.76 Å². The predicted molar refractivity (Wildman–Crippen MR) is 44.7 cm³/mol. The zero-order valence-electron chi connectivity index (χ0n) is 7.15. The van der Waals surface area contributed by atoms with E-state index in [4.69, 9.17) is 4.42 Å². The molecule has 3 heteroatoms. The number of aryl methyl sites for hydroxylation is 2. The molecule has 0 fully saturated rings. The molecule has 0 bridgehead atoms. The second-order valence-electron chi connectivity index (χ2n) is 2.42. The van der Waals surface area contributed by atoms with Crippen molar-refractivity contribution in [3.63, 3.8) is 0 Å². The summed E-state index contributed by atoms with van der Waals surface area (Å²) in [4.78, 5) is 0. The van der Waals surface area contributed by atoms with Gasteiger partial charge in [-0.15, -0.1) is 0 Å². The first-order valence-corrected chi connectivity index (χ1v) is 3.65. The third-order valence-corrected chi connectivity index (χ3v) is 1.23. The van der Waals surface area contributed by atoms with E-state index in [0.29, 0.717) is 0 Å². The lowest BCUT2D eigenvalue weighted by atomic mass is 10.4. The van der Waals surface area contributed by atoms with Gasteiger partial charge in [-0.25, -0.2) is 0 Å². The maximum absolute atomic E-state index is 4.71. The monoisotopic (exact) mass is 165 g/mol. The molecule has 2 aromatic rings. The number of hydrogen-bond donors (Lipinski definition) is 0. The van der Waals surface area contributed by atoms with Gasteiger partial charge in [-0.1, -0.05) is 5.16 Å². The van der Waals surface area contributed by atoms with E-state index in [2.05, 4.69) is 9.68 Å². The van der Waals surface area contributed by atoms with Crippen LogP contribution in [0.15, 0.2) is 39.8 Å². The standard InChI is InChI=1S/C5H6O.C4H5NO/c1-5-2-3-6-4-5;1-4-2-3-5-6-4/h2-4H,1H3;2-3H,1H3. The van der Waals surface area contributed by atoms with Crippen molar-refractivity contribution in [3.8, 4) is 0 Å². The molecule has 0 radical (unpaired) electrons. The molecule has 12 heavy (non-hydrogen) atoms. The van der Waals surface area contributed by atoms with Gasteiger partial charge in [0.2, 0.25) is 0 Å². The van der Waals surface area contributed by atoms with E-state index in [9.17, 15) is 0 Å². The molecule has 0 unspecified atom stereocenters. The molecule has 0 aromatic carbocycles. The topological polar surface area (TPSA) is 39.2 Å². The lowest BCUT2D eigenvalue weighted by Gasteiger charge is -1.65. The van der Waals surface area contributed by atoms with Crippen molar-refractivity contribution in [2.45, 2.75) is 13.8 Å². The summed E-state index contributed by atoms with van der Waals surface area (Å²) in [6, 6.07) is 3.72. The van der Waals surface area contributed by atoms with Gasteiger partial charge in [-0.3, -0.25) is 0 Å². The second kappa shape index (κ2) is 4.38. The van der Waals surface area contributed by atoms with Crippen LogP contribution in [0.2, 0.25) is 0 Å². The Balaban J connectivity index is 0.000000120. The van der Waals surface area contributed by atoms with Crippen LogP contribution in [0, 0.1) is 13.8 Å². The van der Waals surface area contributed by atoms with Gasteiger partial charge in [-0.05, 0) is 25.5 Å². The molecule has 0 saturated heterocycles. The van der Waals surface area contributed by atoms with Crippen LogP contribution in [0.3, 0.4) is 0 Å². The molecule has 0 saturated carbocycles. The number of nitrogens with zero attached hydrogens (tertiary/aromatic N) is 1. The Labute approximate surface area is 71.0 Å². The normalized spacial score (nSPS) is 8.83. The highest BCUT2D eigenvalue weighted by Crippen LogP contribution is 1.93. The van der Waals surface area contributed by atoms with E-state index in [1.807, 2.05) is 19.9 Å². The summed E-state index contributed by atoms with van der Waals surface area (Å²) in [6.07, 6.45) is 4.99. The average molecular weight is 165 g/mol.